The first kappa shape index (κ1) is 15.4. The van der Waals surface area contributed by atoms with Gasteiger partial charge in [-0.1, -0.05) is 0 Å². The third kappa shape index (κ3) is 5.46. The van der Waals surface area contributed by atoms with Crippen molar-refractivity contribution in [2.75, 3.05) is 0 Å². The van der Waals surface area contributed by atoms with Gasteiger partial charge in [0.25, 0.3) is 0 Å². The Morgan fingerprint density at radius 1 is 1.25 bits per heavy atom. The van der Waals surface area contributed by atoms with Crippen LogP contribution < -0.4 is 5.73 Å². The molecule has 0 heterocycles. The van der Waals surface area contributed by atoms with Crippen molar-refractivity contribution in [1.29, 1.82) is 0 Å². The van der Waals surface area contributed by atoms with Crippen LogP contribution in [-0.2, 0) is 0 Å². The molecule has 1 atom stereocenters. The number of rotatable bonds is 5. The molecule has 0 aromatic carbocycles. The third-order valence-corrected chi connectivity index (χ3v) is 3.13. The summed E-state index contributed by atoms with van der Waals surface area (Å²) in [5.41, 5.74) is 10.5. The molecule has 1 unspecified atom stereocenters. The van der Waals surface area contributed by atoms with E-state index in [0.717, 1.165) is 23.9 Å². The van der Waals surface area contributed by atoms with E-state index in [0.29, 0.717) is 0 Å². The van der Waals surface area contributed by atoms with Gasteiger partial charge in [0.1, 0.15) is 0 Å². The molecule has 1 radical (unpaired) electrons. The summed E-state index contributed by atoms with van der Waals surface area (Å²) in [7, 11) is 6.07. The van der Waals surface area contributed by atoms with Crippen LogP contribution in [0.4, 0.5) is 0 Å². The number of hydrogen-bond donors (Lipinski definition) is 1. The molecule has 0 aliphatic rings. The SMILES string of the molecule is [B]=C(CC(C)(N)CC)/C(C)=C/C(C)=C(C)C. The molecule has 1 nitrogen and oxygen atoms in total. The molecule has 0 spiro atoms. The van der Waals surface area contributed by atoms with E-state index in [1.807, 2.05) is 13.8 Å². The molecular weight excluding hydrogens is 193 g/mol. The van der Waals surface area contributed by atoms with Crippen molar-refractivity contribution in [2.24, 2.45) is 5.73 Å². The molecule has 0 aliphatic carbocycles. The molecule has 0 aromatic heterocycles. The summed E-state index contributed by atoms with van der Waals surface area (Å²) in [5, 5.41) is 0. The van der Waals surface area contributed by atoms with Crippen molar-refractivity contribution in [2.45, 2.75) is 59.9 Å². The van der Waals surface area contributed by atoms with Gasteiger partial charge in [-0.2, -0.15) is 0 Å². The summed E-state index contributed by atoms with van der Waals surface area (Å²) < 4.78 is 0. The first-order chi connectivity index (χ1) is 7.19. The molecule has 0 bridgehead atoms. The Hall–Kier alpha value is -0.625. The van der Waals surface area contributed by atoms with Gasteiger partial charge in [0.15, 0.2) is 0 Å². The summed E-state index contributed by atoms with van der Waals surface area (Å²) in [5.74, 6) is 0. The van der Waals surface area contributed by atoms with Crippen LogP contribution in [0.1, 0.15) is 54.4 Å². The van der Waals surface area contributed by atoms with Gasteiger partial charge >= 0.3 is 101 Å². The molecule has 0 aromatic rings. The Labute approximate surface area is 102 Å². The van der Waals surface area contributed by atoms with E-state index >= 15 is 0 Å². The van der Waals surface area contributed by atoms with E-state index in [1.54, 1.807) is 0 Å². The summed E-state index contributed by atoms with van der Waals surface area (Å²) in [6, 6.07) is 0. The maximum atomic E-state index is 6.11. The topological polar surface area (TPSA) is 26.0 Å². The zero-order valence-electron chi connectivity index (χ0n) is 11.6. The molecule has 89 valence electrons. The molecule has 0 rings (SSSR count). The minimum atomic E-state index is -0.196. The quantitative estimate of drug-likeness (QED) is 0.556. The van der Waals surface area contributed by atoms with Crippen molar-refractivity contribution in [3.63, 3.8) is 0 Å². The Morgan fingerprint density at radius 2 is 1.75 bits per heavy atom. The predicted molar refractivity (Wildman–Crippen MR) is 76.1 cm³/mol. The fourth-order valence-corrected chi connectivity index (χ4v) is 1.26. The number of nitrogens with two attached hydrogens (primary N) is 1. The van der Waals surface area contributed by atoms with Crippen LogP contribution in [0.5, 0.6) is 0 Å². The van der Waals surface area contributed by atoms with Gasteiger partial charge in [0, 0.05) is 0 Å². The normalized spacial score (nSPS) is 15.5. The second kappa shape index (κ2) is 6.19. The van der Waals surface area contributed by atoms with E-state index in [9.17, 15) is 0 Å². The van der Waals surface area contributed by atoms with Crippen LogP contribution in [-0.4, -0.2) is 18.5 Å². The van der Waals surface area contributed by atoms with Crippen molar-refractivity contribution in [3.8, 4) is 0 Å². The van der Waals surface area contributed by atoms with Crippen molar-refractivity contribution in [3.05, 3.63) is 22.8 Å². The minimum absolute atomic E-state index is 0.196. The number of hydrogen-bond acceptors (Lipinski definition) is 1. The molecule has 0 amide bonds. The van der Waals surface area contributed by atoms with Gasteiger partial charge in [0.05, 0.1) is 0 Å². The summed E-state index contributed by atoms with van der Waals surface area (Å²) in [6.07, 6.45) is 3.82. The van der Waals surface area contributed by atoms with Gasteiger partial charge in [-0.15, -0.1) is 0 Å². The molecule has 0 saturated heterocycles. The molecule has 0 fully saturated rings. The third-order valence-electron chi connectivity index (χ3n) is 3.13. The first-order valence-corrected chi connectivity index (χ1v) is 5.92. The molecule has 2 N–H and O–H groups in total. The van der Waals surface area contributed by atoms with E-state index in [2.05, 4.69) is 33.8 Å². The van der Waals surface area contributed by atoms with E-state index in [1.165, 1.54) is 11.1 Å². The molecular formula is C14H25BN. The zero-order chi connectivity index (χ0) is 12.9. The maximum absolute atomic E-state index is 6.11. The van der Waals surface area contributed by atoms with Crippen LogP contribution in [0.2, 0.25) is 0 Å². The van der Waals surface area contributed by atoms with E-state index in [4.69, 9.17) is 13.2 Å². The van der Waals surface area contributed by atoms with E-state index in [-0.39, 0.29) is 5.54 Å². The zero-order valence-corrected chi connectivity index (χ0v) is 11.6. The van der Waals surface area contributed by atoms with E-state index < -0.39 is 0 Å². The summed E-state index contributed by atoms with van der Waals surface area (Å²) in [4.78, 5) is 0. The first-order valence-electron chi connectivity index (χ1n) is 5.92. The van der Waals surface area contributed by atoms with Crippen molar-refractivity contribution < 1.29 is 0 Å². The Balaban J connectivity index is 4.71. The second-order valence-corrected chi connectivity index (χ2v) is 5.22. The molecule has 0 saturated carbocycles. The molecule has 16 heavy (non-hydrogen) atoms. The fraction of sp³-hybridized carbons (Fsp3) is 0.643. The van der Waals surface area contributed by atoms with Crippen LogP contribution in [0.25, 0.3) is 0 Å². The average molecular weight is 218 g/mol. The summed E-state index contributed by atoms with van der Waals surface area (Å²) in [6.45, 7) is 12.5. The van der Waals surface area contributed by atoms with Gasteiger partial charge < -0.3 is 0 Å². The fourth-order valence-electron chi connectivity index (χ4n) is 1.26. The monoisotopic (exact) mass is 218 g/mol. The number of allylic oxidation sites excluding steroid dienone is 4. The van der Waals surface area contributed by atoms with Gasteiger partial charge in [0.2, 0.25) is 0 Å². The van der Waals surface area contributed by atoms with Crippen molar-refractivity contribution >= 4 is 13.0 Å². The van der Waals surface area contributed by atoms with Gasteiger partial charge in [-0.25, -0.2) is 0 Å². The standard InChI is InChI=1S/C14H25BN/c1-7-14(6,16)9-13(15)12(5)8-11(4)10(2)3/h8H,7,9,16H2,1-6H3/b12-8+. The van der Waals surface area contributed by atoms with Gasteiger partial charge in [-0.05, 0) is 0 Å². The van der Waals surface area contributed by atoms with Crippen LogP contribution in [0.3, 0.4) is 0 Å². The molecule has 2 heteroatoms. The summed E-state index contributed by atoms with van der Waals surface area (Å²) >= 11 is 0. The van der Waals surface area contributed by atoms with Gasteiger partial charge in [-0.3, -0.25) is 0 Å². The van der Waals surface area contributed by atoms with Crippen LogP contribution in [0, 0.1) is 0 Å². The predicted octanol–water partition coefficient (Wildman–Crippen LogP) is 3.15. The van der Waals surface area contributed by atoms with Crippen LogP contribution in [0.15, 0.2) is 22.8 Å². The average Bonchev–Trinajstić information content (AvgIpc) is 2.16. The Morgan fingerprint density at radius 3 is 2.12 bits per heavy atom. The van der Waals surface area contributed by atoms with Crippen molar-refractivity contribution in [1.82, 2.24) is 0 Å². The van der Waals surface area contributed by atoms with Crippen LogP contribution >= 0.6 is 0 Å². The Kier molecular flexibility index (Phi) is 5.95. The second-order valence-electron chi connectivity index (χ2n) is 5.22. The molecule has 0 aliphatic heterocycles. The Bertz CT molecular complexity index is 318.